The minimum Gasteiger partial charge on any atom is -0.462 e. The van der Waals surface area contributed by atoms with E-state index in [2.05, 4.69) is 9.97 Å². The van der Waals surface area contributed by atoms with Gasteiger partial charge in [-0.3, -0.25) is 9.69 Å². The van der Waals surface area contributed by atoms with Gasteiger partial charge in [0.05, 0.1) is 17.5 Å². The molecule has 1 unspecified atom stereocenters. The number of esters is 1. The van der Waals surface area contributed by atoms with Gasteiger partial charge in [0.1, 0.15) is 0 Å². The monoisotopic (exact) mass is 269 g/mol. The molecule has 0 radical (unpaired) electrons. The van der Waals surface area contributed by atoms with Crippen LogP contribution in [0.4, 0.5) is 5.95 Å². The van der Waals surface area contributed by atoms with E-state index in [-0.39, 0.29) is 29.2 Å². The van der Waals surface area contributed by atoms with Crippen LogP contribution in [0.2, 0.25) is 0 Å². The summed E-state index contributed by atoms with van der Waals surface area (Å²) in [4.78, 5) is 32.3. The third kappa shape index (κ3) is 2.59. The Hall–Kier alpha value is -1.69. The number of ether oxygens (including phenoxy) is 1. The molecule has 1 aliphatic heterocycles. The number of anilines is 1. The summed E-state index contributed by atoms with van der Waals surface area (Å²) >= 11 is 5.88. The molecule has 7 heteroatoms. The Morgan fingerprint density at radius 3 is 2.72 bits per heavy atom. The molecular formula is C11H12ClN3O3. The predicted octanol–water partition coefficient (Wildman–Crippen LogP) is 0.997. The van der Waals surface area contributed by atoms with Gasteiger partial charge in [-0.25, -0.2) is 14.8 Å². The highest BCUT2D eigenvalue weighted by Gasteiger charge is 2.30. The zero-order valence-corrected chi connectivity index (χ0v) is 10.6. The molecule has 1 aromatic heterocycles. The first-order valence-electron chi connectivity index (χ1n) is 5.55. The van der Waals surface area contributed by atoms with Gasteiger partial charge in [0.2, 0.25) is 11.9 Å². The van der Waals surface area contributed by atoms with Crippen molar-refractivity contribution in [2.75, 3.05) is 18.1 Å². The molecule has 96 valence electrons. The van der Waals surface area contributed by atoms with E-state index in [1.165, 1.54) is 17.3 Å². The van der Waals surface area contributed by atoms with Crippen molar-refractivity contribution in [3.63, 3.8) is 0 Å². The van der Waals surface area contributed by atoms with Crippen molar-refractivity contribution < 1.29 is 14.3 Å². The van der Waals surface area contributed by atoms with Gasteiger partial charge in [-0.1, -0.05) is 0 Å². The molecule has 1 aromatic rings. The smallest absolute Gasteiger partial charge is 0.341 e. The lowest BCUT2D eigenvalue weighted by molar-refractivity contribution is -0.117. The fourth-order valence-electron chi connectivity index (χ4n) is 1.64. The summed E-state index contributed by atoms with van der Waals surface area (Å²) in [6.07, 6.45) is 2.97. The number of amides is 1. The Morgan fingerprint density at radius 1 is 1.56 bits per heavy atom. The molecule has 2 rings (SSSR count). The van der Waals surface area contributed by atoms with Crippen molar-refractivity contribution in [2.24, 2.45) is 0 Å². The summed E-state index contributed by atoms with van der Waals surface area (Å²) in [7, 11) is 0. The van der Waals surface area contributed by atoms with Crippen molar-refractivity contribution in [1.29, 1.82) is 0 Å². The summed E-state index contributed by atoms with van der Waals surface area (Å²) in [5, 5.41) is -0.217. The van der Waals surface area contributed by atoms with Crippen LogP contribution in [0, 0.1) is 0 Å². The third-order valence-electron chi connectivity index (χ3n) is 2.47. The maximum atomic E-state index is 11.6. The second kappa shape index (κ2) is 5.30. The molecule has 1 atom stereocenters. The van der Waals surface area contributed by atoms with Crippen LogP contribution in [0.5, 0.6) is 0 Å². The lowest BCUT2D eigenvalue weighted by Crippen LogP contribution is -2.26. The fraction of sp³-hybridized carbons (Fsp3) is 0.455. The topological polar surface area (TPSA) is 72.4 Å². The summed E-state index contributed by atoms with van der Waals surface area (Å²) in [6.45, 7) is 2.40. The molecule has 0 saturated carbocycles. The summed E-state index contributed by atoms with van der Waals surface area (Å²) in [6, 6.07) is 0. The lowest BCUT2D eigenvalue weighted by Gasteiger charge is -2.12. The van der Waals surface area contributed by atoms with Crippen molar-refractivity contribution in [1.82, 2.24) is 9.97 Å². The number of carbonyl (C=O) groups excluding carboxylic acids is 2. The summed E-state index contributed by atoms with van der Waals surface area (Å²) in [5.74, 6) is -0.331. The zero-order chi connectivity index (χ0) is 13.1. The predicted molar refractivity (Wildman–Crippen MR) is 64.6 cm³/mol. The molecule has 2 heterocycles. The minimum atomic E-state index is -0.480. The number of hydrogen-bond acceptors (Lipinski definition) is 5. The highest BCUT2D eigenvalue weighted by molar-refractivity contribution is 6.24. The molecule has 18 heavy (non-hydrogen) atoms. The maximum Gasteiger partial charge on any atom is 0.341 e. The van der Waals surface area contributed by atoms with Crippen molar-refractivity contribution in [2.45, 2.75) is 18.7 Å². The van der Waals surface area contributed by atoms with Crippen molar-refractivity contribution >= 4 is 29.4 Å². The average molecular weight is 270 g/mol. The van der Waals surface area contributed by atoms with Gasteiger partial charge in [0.15, 0.2) is 0 Å². The van der Waals surface area contributed by atoms with Crippen LogP contribution in [-0.4, -0.2) is 40.4 Å². The molecule has 1 saturated heterocycles. The first-order valence-corrected chi connectivity index (χ1v) is 5.99. The molecular weight excluding hydrogens is 258 g/mol. The molecule has 0 aliphatic carbocycles. The van der Waals surface area contributed by atoms with Gasteiger partial charge in [0.25, 0.3) is 0 Å². The van der Waals surface area contributed by atoms with Gasteiger partial charge in [-0.15, -0.1) is 11.6 Å². The van der Waals surface area contributed by atoms with E-state index in [1.54, 1.807) is 6.92 Å². The van der Waals surface area contributed by atoms with Crippen LogP contribution in [0.25, 0.3) is 0 Å². The lowest BCUT2D eigenvalue weighted by atomic mass is 10.3. The van der Waals surface area contributed by atoms with E-state index in [1.807, 2.05) is 0 Å². The van der Waals surface area contributed by atoms with Crippen LogP contribution in [0.3, 0.4) is 0 Å². The van der Waals surface area contributed by atoms with Crippen LogP contribution in [0.15, 0.2) is 12.4 Å². The van der Waals surface area contributed by atoms with Crippen molar-refractivity contribution in [3.8, 4) is 0 Å². The van der Waals surface area contributed by atoms with Crippen LogP contribution < -0.4 is 4.90 Å². The van der Waals surface area contributed by atoms with E-state index in [9.17, 15) is 9.59 Å². The molecule has 0 spiro atoms. The first-order chi connectivity index (χ1) is 8.61. The van der Waals surface area contributed by atoms with Gasteiger partial charge in [-0.05, 0) is 6.92 Å². The molecule has 1 fully saturated rings. The molecule has 1 amide bonds. The normalized spacial score (nSPS) is 19.1. The Kier molecular flexibility index (Phi) is 3.76. The van der Waals surface area contributed by atoms with E-state index in [0.717, 1.165) is 0 Å². The summed E-state index contributed by atoms with van der Waals surface area (Å²) in [5.41, 5.74) is 0.259. The Morgan fingerprint density at radius 2 is 2.22 bits per heavy atom. The van der Waals surface area contributed by atoms with Gasteiger partial charge in [-0.2, -0.15) is 0 Å². The molecule has 0 N–H and O–H groups in total. The number of rotatable bonds is 3. The first kappa shape index (κ1) is 12.8. The number of hydrogen-bond donors (Lipinski definition) is 0. The van der Waals surface area contributed by atoms with Crippen molar-refractivity contribution in [3.05, 3.63) is 18.0 Å². The van der Waals surface area contributed by atoms with Gasteiger partial charge >= 0.3 is 5.97 Å². The quantitative estimate of drug-likeness (QED) is 0.605. The number of aromatic nitrogens is 2. The molecule has 6 nitrogen and oxygen atoms in total. The molecule has 1 aliphatic rings. The maximum absolute atomic E-state index is 11.6. The van der Waals surface area contributed by atoms with Gasteiger partial charge in [0, 0.05) is 25.4 Å². The van der Waals surface area contributed by atoms with Crippen LogP contribution in [-0.2, 0) is 9.53 Å². The average Bonchev–Trinajstić information content (AvgIpc) is 2.69. The number of halogens is 1. The number of nitrogens with zero attached hydrogens (tertiary/aromatic N) is 3. The SMILES string of the molecule is CCOC(=O)c1cnc(N2CC(Cl)CC2=O)nc1. The second-order valence-corrected chi connectivity index (χ2v) is 4.42. The number of alkyl halides is 1. The van der Waals surface area contributed by atoms with E-state index < -0.39 is 5.97 Å². The highest BCUT2D eigenvalue weighted by Crippen LogP contribution is 2.20. The van der Waals surface area contributed by atoms with Gasteiger partial charge < -0.3 is 4.74 Å². The van der Waals surface area contributed by atoms with E-state index >= 15 is 0 Å². The molecule has 0 bridgehead atoms. The Labute approximate surface area is 109 Å². The number of carbonyl (C=O) groups is 2. The zero-order valence-electron chi connectivity index (χ0n) is 9.80. The second-order valence-electron chi connectivity index (χ2n) is 3.80. The largest absolute Gasteiger partial charge is 0.462 e. The standard InChI is InChI=1S/C11H12ClN3O3/c1-2-18-10(17)7-4-13-11(14-5-7)15-6-8(12)3-9(15)16/h4-5,8H,2-3,6H2,1H3. The third-order valence-corrected chi connectivity index (χ3v) is 2.76. The molecule has 0 aromatic carbocycles. The van der Waals surface area contributed by atoms with Crippen LogP contribution >= 0.6 is 11.6 Å². The Bertz CT molecular complexity index is 463. The highest BCUT2D eigenvalue weighted by atomic mass is 35.5. The minimum absolute atomic E-state index is 0.112. The fourth-order valence-corrected chi connectivity index (χ4v) is 1.91. The van der Waals surface area contributed by atoms with Crippen LogP contribution in [0.1, 0.15) is 23.7 Å². The summed E-state index contributed by atoms with van der Waals surface area (Å²) < 4.78 is 4.81. The van der Waals surface area contributed by atoms with E-state index in [4.69, 9.17) is 16.3 Å². The Balaban J connectivity index is 2.13. The van der Waals surface area contributed by atoms with E-state index in [0.29, 0.717) is 13.2 Å².